The van der Waals surface area contributed by atoms with Crippen molar-refractivity contribution in [2.24, 2.45) is 5.92 Å². The van der Waals surface area contributed by atoms with Crippen LogP contribution in [-0.2, 0) is 16.1 Å². The van der Waals surface area contributed by atoms with Gasteiger partial charge in [-0.25, -0.2) is 0 Å². The van der Waals surface area contributed by atoms with Crippen LogP contribution < -0.4 is 19.7 Å². The summed E-state index contributed by atoms with van der Waals surface area (Å²) >= 11 is 0. The van der Waals surface area contributed by atoms with Gasteiger partial charge in [-0.3, -0.25) is 19.3 Å². The quantitative estimate of drug-likeness (QED) is 0.539. The van der Waals surface area contributed by atoms with Crippen LogP contribution in [-0.4, -0.2) is 68.2 Å². The average Bonchev–Trinajstić information content (AvgIpc) is 3.20. The van der Waals surface area contributed by atoms with Crippen LogP contribution in [0.15, 0.2) is 36.4 Å². The first kappa shape index (κ1) is 27.0. The molecule has 2 aromatic carbocycles. The molecule has 5 rings (SSSR count). The third-order valence-corrected chi connectivity index (χ3v) is 8.01. The van der Waals surface area contributed by atoms with Crippen molar-refractivity contribution in [1.82, 2.24) is 10.2 Å². The van der Waals surface area contributed by atoms with Crippen LogP contribution in [0.25, 0.3) is 0 Å². The summed E-state index contributed by atoms with van der Waals surface area (Å²) in [7, 11) is 3.17. The molecule has 0 aliphatic carbocycles. The second kappa shape index (κ2) is 10.9. The van der Waals surface area contributed by atoms with Gasteiger partial charge in [0.25, 0.3) is 11.8 Å². The lowest BCUT2D eigenvalue weighted by atomic mass is 9.93. The first-order chi connectivity index (χ1) is 18.7. The molecule has 1 N–H and O–H groups in total. The first-order valence-electron chi connectivity index (χ1n) is 13.6. The number of benzene rings is 2. The molecule has 0 aromatic heterocycles. The standard InChI is InChI=1S/C30H37N3O6/c1-30(2)16-21(12-14-39-30)33-28(35)22-8-5-9-23(26(22)29(33)36)32-13-6-7-20(18-32)27(34)31-17-19-10-11-24(37-3)25(15-19)38-4/h5,8-11,15,20-21H,6-7,12-14,16-18H2,1-4H3,(H,31,34)/t20-,21-/m0/s1. The van der Waals surface area contributed by atoms with Gasteiger partial charge in [0.1, 0.15) is 0 Å². The third kappa shape index (κ3) is 5.32. The fourth-order valence-corrected chi connectivity index (χ4v) is 6.03. The lowest BCUT2D eigenvalue weighted by Gasteiger charge is -2.39. The van der Waals surface area contributed by atoms with Crippen LogP contribution in [0.5, 0.6) is 11.5 Å². The second-order valence-electron chi connectivity index (χ2n) is 11.1. The van der Waals surface area contributed by atoms with Gasteiger partial charge in [0, 0.05) is 32.3 Å². The molecule has 2 saturated heterocycles. The van der Waals surface area contributed by atoms with Gasteiger partial charge in [-0.15, -0.1) is 0 Å². The van der Waals surface area contributed by atoms with E-state index in [4.69, 9.17) is 14.2 Å². The number of hydrogen-bond acceptors (Lipinski definition) is 7. The Morgan fingerprint density at radius 1 is 1.08 bits per heavy atom. The minimum absolute atomic E-state index is 0.0319. The number of imide groups is 1. The molecule has 3 amide bonds. The highest BCUT2D eigenvalue weighted by atomic mass is 16.5. The number of nitrogens with one attached hydrogen (secondary N) is 1. The van der Waals surface area contributed by atoms with Gasteiger partial charge in [-0.2, -0.15) is 0 Å². The zero-order valence-electron chi connectivity index (χ0n) is 23.1. The van der Waals surface area contributed by atoms with Crippen molar-refractivity contribution in [2.75, 3.05) is 38.8 Å². The van der Waals surface area contributed by atoms with Crippen molar-refractivity contribution in [3.05, 3.63) is 53.1 Å². The van der Waals surface area contributed by atoms with Crippen molar-refractivity contribution in [1.29, 1.82) is 0 Å². The summed E-state index contributed by atoms with van der Waals surface area (Å²) in [5, 5.41) is 3.05. The smallest absolute Gasteiger partial charge is 0.263 e. The lowest BCUT2D eigenvalue weighted by Crippen LogP contribution is -2.48. The Morgan fingerprint density at radius 2 is 1.87 bits per heavy atom. The Kier molecular flexibility index (Phi) is 7.53. The maximum atomic E-state index is 13.7. The minimum Gasteiger partial charge on any atom is -0.493 e. The largest absolute Gasteiger partial charge is 0.493 e. The van der Waals surface area contributed by atoms with Crippen molar-refractivity contribution < 1.29 is 28.6 Å². The summed E-state index contributed by atoms with van der Waals surface area (Å²) in [6, 6.07) is 10.8. The molecule has 0 unspecified atom stereocenters. The van der Waals surface area contributed by atoms with E-state index in [0.29, 0.717) is 55.2 Å². The average molecular weight is 536 g/mol. The molecule has 3 heterocycles. The van der Waals surface area contributed by atoms with E-state index < -0.39 is 0 Å². The monoisotopic (exact) mass is 535 g/mol. The van der Waals surface area contributed by atoms with Crippen molar-refractivity contribution in [2.45, 2.75) is 57.7 Å². The van der Waals surface area contributed by atoms with Gasteiger partial charge in [0.15, 0.2) is 11.5 Å². The van der Waals surface area contributed by atoms with Crippen LogP contribution in [0.4, 0.5) is 5.69 Å². The SMILES string of the molecule is COc1ccc(CNC(=O)[C@H]2CCCN(c3cccc4c3C(=O)N([C@H]3CCOC(C)(C)C3)C4=O)C2)cc1OC. The molecule has 0 radical (unpaired) electrons. The molecule has 2 aromatic rings. The van der Waals surface area contributed by atoms with Crippen LogP contribution in [0.2, 0.25) is 0 Å². The summed E-state index contributed by atoms with van der Waals surface area (Å²) in [4.78, 5) is 43.8. The summed E-state index contributed by atoms with van der Waals surface area (Å²) in [6.07, 6.45) is 2.83. The summed E-state index contributed by atoms with van der Waals surface area (Å²) in [5.74, 6) is 0.514. The van der Waals surface area contributed by atoms with Crippen LogP contribution in [0.1, 0.15) is 65.8 Å². The topological polar surface area (TPSA) is 97.4 Å². The van der Waals surface area contributed by atoms with Gasteiger partial charge < -0.3 is 24.4 Å². The Bertz CT molecular complexity index is 1280. The molecule has 3 aliphatic rings. The summed E-state index contributed by atoms with van der Waals surface area (Å²) < 4.78 is 16.5. The van der Waals surface area contributed by atoms with Gasteiger partial charge in [-0.05, 0) is 69.4 Å². The maximum Gasteiger partial charge on any atom is 0.263 e. The van der Waals surface area contributed by atoms with E-state index in [1.165, 1.54) is 4.90 Å². The molecular weight excluding hydrogens is 498 g/mol. The van der Waals surface area contributed by atoms with E-state index in [1.54, 1.807) is 20.3 Å². The summed E-state index contributed by atoms with van der Waals surface area (Å²) in [6.45, 7) is 6.09. The van der Waals surface area contributed by atoms with E-state index in [-0.39, 0.29) is 35.3 Å². The van der Waals surface area contributed by atoms with Crippen molar-refractivity contribution >= 4 is 23.4 Å². The number of rotatable bonds is 7. The Hall–Kier alpha value is -3.59. The molecule has 9 nitrogen and oxygen atoms in total. The molecule has 0 saturated carbocycles. The van der Waals surface area contributed by atoms with Crippen LogP contribution in [0, 0.1) is 5.92 Å². The molecule has 2 fully saturated rings. The van der Waals surface area contributed by atoms with Gasteiger partial charge in [-0.1, -0.05) is 12.1 Å². The van der Waals surface area contributed by atoms with Crippen molar-refractivity contribution in [3.63, 3.8) is 0 Å². The second-order valence-corrected chi connectivity index (χ2v) is 11.1. The van der Waals surface area contributed by atoms with E-state index >= 15 is 0 Å². The van der Waals surface area contributed by atoms with Crippen molar-refractivity contribution in [3.8, 4) is 11.5 Å². The van der Waals surface area contributed by atoms with E-state index in [9.17, 15) is 14.4 Å². The Labute approximate surface area is 229 Å². The molecule has 39 heavy (non-hydrogen) atoms. The minimum atomic E-state index is -0.383. The lowest BCUT2D eigenvalue weighted by molar-refractivity contribution is -0.125. The zero-order chi connectivity index (χ0) is 27.7. The van der Waals surface area contributed by atoms with Gasteiger partial charge >= 0.3 is 0 Å². The highest BCUT2D eigenvalue weighted by molar-refractivity contribution is 6.24. The fraction of sp³-hybridized carbons (Fsp3) is 0.500. The molecule has 2 atom stereocenters. The fourth-order valence-electron chi connectivity index (χ4n) is 6.03. The van der Waals surface area contributed by atoms with Crippen LogP contribution in [0.3, 0.4) is 0 Å². The van der Waals surface area contributed by atoms with Crippen LogP contribution >= 0.6 is 0 Å². The number of piperidine rings is 1. The Balaban J connectivity index is 1.29. The third-order valence-electron chi connectivity index (χ3n) is 8.01. The van der Waals surface area contributed by atoms with Gasteiger partial charge in [0.05, 0.1) is 42.6 Å². The number of anilines is 1. The summed E-state index contributed by atoms with van der Waals surface area (Å²) in [5.41, 5.74) is 2.16. The predicted molar refractivity (Wildman–Crippen MR) is 146 cm³/mol. The molecule has 9 heteroatoms. The molecular formula is C30H37N3O6. The molecule has 3 aliphatic heterocycles. The predicted octanol–water partition coefficient (Wildman–Crippen LogP) is 3.79. The highest BCUT2D eigenvalue weighted by Crippen LogP contribution is 2.38. The number of hydrogen-bond donors (Lipinski definition) is 1. The van der Waals surface area contributed by atoms with E-state index in [1.807, 2.05) is 44.2 Å². The number of fused-ring (bicyclic) bond motifs is 1. The number of methoxy groups -OCH3 is 2. The van der Waals surface area contributed by atoms with E-state index in [2.05, 4.69) is 10.2 Å². The number of amides is 3. The highest BCUT2D eigenvalue weighted by Gasteiger charge is 2.45. The first-order valence-corrected chi connectivity index (χ1v) is 13.6. The molecule has 0 bridgehead atoms. The molecule has 208 valence electrons. The molecule has 0 spiro atoms. The zero-order valence-corrected chi connectivity index (χ0v) is 23.1. The number of ether oxygens (including phenoxy) is 3. The number of carbonyl (C=O) groups is 3. The Morgan fingerprint density at radius 3 is 2.62 bits per heavy atom. The number of nitrogens with zero attached hydrogens (tertiary/aromatic N) is 2. The normalized spacial score (nSPS) is 22.5. The number of carbonyl (C=O) groups excluding carboxylic acids is 3. The van der Waals surface area contributed by atoms with Gasteiger partial charge in [0.2, 0.25) is 5.91 Å². The maximum absolute atomic E-state index is 13.7. The van der Waals surface area contributed by atoms with E-state index in [0.717, 1.165) is 30.6 Å².